The number of piperidine rings is 2. The highest BCUT2D eigenvalue weighted by atomic mass is 32.2. The summed E-state index contributed by atoms with van der Waals surface area (Å²) in [6.45, 7) is 3.85. The molecule has 0 N–H and O–H groups in total. The summed E-state index contributed by atoms with van der Waals surface area (Å²) in [7, 11) is -3.05. The summed E-state index contributed by atoms with van der Waals surface area (Å²) in [5.41, 5.74) is 1.38. The van der Waals surface area contributed by atoms with E-state index in [1.165, 1.54) is 18.2 Å². The fourth-order valence-corrected chi connectivity index (χ4v) is 5.21. The van der Waals surface area contributed by atoms with Gasteiger partial charge in [0.25, 0.3) is 0 Å². The van der Waals surface area contributed by atoms with Gasteiger partial charge in [0.1, 0.15) is 0 Å². The minimum atomic E-state index is -3.05. The van der Waals surface area contributed by atoms with Crippen LogP contribution in [0.15, 0.2) is 30.3 Å². The molecule has 0 bridgehead atoms. The van der Waals surface area contributed by atoms with E-state index in [-0.39, 0.29) is 6.04 Å². The monoisotopic (exact) mass is 322 g/mol. The molecular weight excluding hydrogens is 296 g/mol. The van der Waals surface area contributed by atoms with Gasteiger partial charge in [0.05, 0.1) is 6.26 Å². The van der Waals surface area contributed by atoms with E-state index in [1.807, 2.05) is 0 Å². The zero-order valence-electron chi connectivity index (χ0n) is 13.3. The van der Waals surface area contributed by atoms with Crippen molar-refractivity contribution in [3.8, 4) is 0 Å². The standard InChI is InChI=1S/C17H26N2O2S/c1-22(20,21)19-11-5-8-16-14-18(13-10-17(16)19)12-9-15-6-3-2-4-7-15/h2-4,6-7,16-17H,5,8-14H2,1H3/t16-,17+/m1/s1. The first kappa shape index (κ1) is 16.0. The summed E-state index contributed by atoms with van der Waals surface area (Å²) in [6.07, 6.45) is 5.58. The van der Waals surface area contributed by atoms with Gasteiger partial charge in [0.2, 0.25) is 10.0 Å². The Bertz CT molecular complexity index is 588. The third-order valence-corrected chi connectivity index (χ3v) is 6.39. The second-order valence-corrected chi connectivity index (χ2v) is 8.60. The van der Waals surface area contributed by atoms with E-state index in [0.29, 0.717) is 12.5 Å². The molecule has 2 aliphatic rings. The zero-order valence-corrected chi connectivity index (χ0v) is 14.1. The van der Waals surface area contributed by atoms with Crippen molar-refractivity contribution in [1.29, 1.82) is 0 Å². The van der Waals surface area contributed by atoms with Crippen molar-refractivity contribution in [1.82, 2.24) is 9.21 Å². The van der Waals surface area contributed by atoms with Crippen LogP contribution in [0.2, 0.25) is 0 Å². The van der Waals surface area contributed by atoms with Crippen LogP contribution in [0.1, 0.15) is 24.8 Å². The molecule has 0 aromatic heterocycles. The Labute approximate surface area is 134 Å². The van der Waals surface area contributed by atoms with Gasteiger partial charge in [-0.25, -0.2) is 8.42 Å². The first-order valence-electron chi connectivity index (χ1n) is 8.27. The first-order valence-corrected chi connectivity index (χ1v) is 10.1. The van der Waals surface area contributed by atoms with E-state index in [2.05, 4.69) is 35.2 Å². The number of rotatable bonds is 4. The second-order valence-electron chi connectivity index (χ2n) is 6.67. The summed E-state index contributed by atoms with van der Waals surface area (Å²) in [5.74, 6) is 0.507. The highest BCUT2D eigenvalue weighted by Gasteiger charge is 2.39. The molecule has 2 fully saturated rings. The number of nitrogens with zero attached hydrogens (tertiary/aromatic N) is 2. The Hall–Kier alpha value is -0.910. The molecule has 5 heteroatoms. The SMILES string of the molecule is CS(=O)(=O)N1CCC[C@@H]2CN(CCc3ccccc3)CC[C@@H]21. The molecule has 0 saturated carbocycles. The van der Waals surface area contributed by atoms with E-state index in [0.717, 1.165) is 38.9 Å². The van der Waals surface area contributed by atoms with Crippen molar-refractivity contribution in [3.63, 3.8) is 0 Å². The molecule has 0 aliphatic carbocycles. The Morgan fingerprint density at radius 1 is 1.14 bits per heavy atom. The Morgan fingerprint density at radius 2 is 1.91 bits per heavy atom. The van der Waals surface area contributed by atoms with E-state index >= 15 is 0 Å². The number of hydrogen-bond donors (Lipinski definition) is 0. The molecule has 0 radical (unpaired) electrons. The van der Waals surface area contributed by atoms with Crippen LogP contribution < -0.4 is 0 Å². The van der Waals surface area contributed by atoms with E-state index in [9.17, 15) is 8.42 Å². The van der Waals surface area contributed by atoms with Crippen LogP contribution >= 0.6 is 0 Å². The number of sulfonamides is 1. The fourth-order valence-electron chi connectivity index (χ4n) is 3.98. The number of benzene rings is 1. The molecular formula is C17H26N2O2S. The predicted octanol–water partition coefficient (Wildman–Crippen LogP) is 1.97. The number of fused-ring (bicyclic) bond motifs is 1. The maximum Gasteiger partial charge on any atom is 0.211 e. The molecule has 1 aromatic carbocycles. The van der Waals surface area contributed by atoms with Gasteiger partial charge in [-0.05, 0) is 43.7 Å². The smallest absolute Gasteiger partial charge is 0.211 e. The van der Waals surface area contributed by atoms with Gasteiger partial charge >= 0.3 is 0 Å². The summed E-state index contributed by atoms with van der Waals surface area (Å²) in [6, 6.07) is 10.8. The first-order chi connectivity index (χ1) is 10.5. The molecule has 0 spiro atoms. The van der Waals surface area contributed by atoms with Gasteiger partial charge in [0, 0.05) is 25.7 Å². The van der Waals surface area contributed by atoms with Crippen LogP contribution in [-0.2, 0) is 16.4 Å². The quantitative estimate of drug-likeness (QED) is 0.851. The molecule has 2 saturated heterocycles. The van der Waals surface area contributed by atoms with E-state index < -0.39 is 10.0 Å². The van der Waals surface area contributed by atoms with Gasteiger partial charge in [-0.15, -0.1) is 0 Å². The Balaban J connectivity index is 1.57. The van der Waals surface area contributed by atoms with Gasteiger partial charge in [0.15, 0.2) is 0 Å². The van der Waals surface area contributed by atoms with Crippen LogP contribution in [0, 0.1) is 5.92 Å². The lowest BCUT2D eigenvalue weighted by atomic mass is 9.85. The fraction of sp³-hybridized carbons (Fsp3) is 0.647. The van der Waals surface area contributed by atoms with Crippen molar-refractivity contribution in [2.24, 2.45) is 5.92 Å². The molecule has 122 valence electrons. The third-order valence-electron chi connectivity index (χ3n) is 5.09. The maximum absolute atomic E-state index is 11.9. The topological polar surface area (TPSA) is 40.6 Å². The lowest BCUT2D eigenvalue weighted by Crippen LogP contribution is -2.55. The van der Waals surface area contributed by atoms with Crippen LogP contribution in [0.25, 0.3) is 0 Å². The molecule has 0 amide bonds. The minimum Gasteiger partial charge on any atom is -0.303 e. The Morgan fingerprint density at radius 3 is 2.64 bits per heavy atom. The lowest BCUT2D eigenvalue weighted by molar-refractivity contribution is 0.0693. The molecule has 2 aliphatic heterocycles. The highest BCUT2D eigenvalue weighted by molar-refractivity contribution is 7.88. The van der Waals surface area contributed by atoms with Gasteiger partial charge in [-0.3, -0.25) is 0 Å². The average molecular weight is 322 g/mol. The van der Waals surface area contributed by atoms with Crippen LogP contribution in [0.3, 0.4) is 0 Å². The predicted molar refractivity (Wildman–Crippen MR) is 89.3 cm³/mol. The molecule has 1 aromatic rings. The van der Waals surface area contributed by atoms with Crippen molar-refractivity contribution in [2.45, 2.75) is 31.7 Å². The normalized spacial score (nSPS) is 27.5. The lowest BCUT2D eigenvalue weighted by Gasteiger charge is -2.46. The summed E-state index contributed by atoms with van der Waals surface area (Å²) in [5, 5.41) is 0. The molecule has 2 atom stereocenters. The van der Waals surface area contributed by atoms with Crippen LogP contribution in [0.5, 0.6) is 0 Å². The Kier molecular flexibility index (Phi) is 4.85. The summed E-state index contributed by atoms with van der Waals surface area (Å²) in [4.78, 5) is 2.51. The van der Waals surface area contributed by atoms with Gasteiger partial charge in [-0.2, -0.15) is 4.31 Å². The molecule has 3 rings (SSSR count). The maximum atomic E-state index is 11.9. The summed E-state index contributed by atoms with van der Waals surface area (Å²) < 4.78 is 25.7. The van der Waals surface area contributed by atoms with Gasteiger partial charge in [-0.1, -0.05) is 30.3 Å². The van der Waals surface area contributed by atoms with E-state index in [1.54, 1.807) is 4.31 Å². The number of likely N-dealkylation sites (tertiary alicyclic amines) is 1. The van der Waals surface area contributed by atoms with Crippen molar-refractivity contribution in [2.75, 3.05) is 32.4 Å². The van der Waals surface area contributed by atoms with Crippen molar-refractivity contribution in [3.05, 3.63) is 35.9 Å². The van der Waals surface area contributed by atoms with E-state index in [4.69, 9.17) is 0 Å². The number of hydrogen-bond acceptors (Lipinski definition) is 3. The highest BCUT2D eigenvalue weighted by Crippen LogP contribution is 2.32. The zero-order chi connectivity index (χ0) is 15.6. The molecule has 0 unspecified atom stereocenters. The van der Waals surface area contributed by atoms with Crippen LogP contribution in [-0.4, -0.2) is 56.1 Å². The molecule has 4 nitrogen and oxygen atoms in total. The van der Waals surface area contributed by atoms with Crippen molar-refractivity contribution < 1.29 is 8.42 Å². The molecule has 2 heterocycles. The average Bonchev–Trinajstić information content (AvgIpc) is 2.52. The largest absolute Gasteiger partial charge is 0.303 e. The molecule has 22 heavy (non-hydrogen) atoms. The third kappa shape index (κ3) is 3.70. The second kappa shape index (κ2) is 6.69. The van der Waals surface area contributed by atoms with Crippen LogP contribution in [0.4, 0.5) is 0 Å². The van der Waals surface area contributed by atoms with Gasteiger partial charge < -0.3 is 4.90 Å². The van der Waals surface area contributed by atoms with Crippen molar-refractivity contribution >= 4 is 10.0 Å². The summed E-state index contributed by atoms with van der Waals surface area (Å²) >= 11 is 0. The minimum absolute atomic E-state index is 0.233.